The molecule has 2 aromatic carbocycles. The van der Waals surface area contributed by atoms with E-state index in [1.165, 1.54) is 15.9 Å². The van der Waals surface area contributed by atoms with Gasteiger partial charge in [-0.3, -0.25) is 4.79 Å². The summed E-state index contributed by atoms with van der Waals surface area (Å²) in [6.07, 6.45) is 1.68. The van der Waals surface area contributed by atoms with Crippen molar-refractivity contribution < 1.29 is 18.3 Å². The molecule has 2 aromatic rings. The van der Waals surface area contributed by atoms with Gasteiger partial charge in [-0.1, -0.05) is 32.0 Å². The maximum Gasteiger partial charge on any atom is 0.253 e. The maximum atomic E-state index is 13.0. The summed E-state index contributed by atoms with van der Waals surface area (Å²) in [5, 5.41) is 9.44. The molecule has 1 N–H and O–H groups in total. The molecule has 7 heteroatoms. The van der Waals surface area contributed by atoms with Gasteiger partial charge in [-0.05, 0) is 54.7 Å². The van der Waals surface area contributed by atoms with Crippen molar-refractivity contribution in [3.8, 4) is 5.75 Å². The van der Waals surface area contributed by atoms with Gasteiger partial charge >= 0.3 is 0 Å². The van der Waals surface area contributed by atoms with Gasteiger partial charge in [-0.25, -0.2) is 8.42 Å². The molecule has 0 unspecified atom stereocenters. The van der Waals surface area contributed by atoms with Crippen molar-refractivity contribution in [3.05, 3.63) is 59.7 Å². The van der Waals surface area contributed by atoms with Crippen molar-refractivity contribution >= 4 is 15.9 Å². The average Bonchev–Trinajstić information content (AvgIpc) is 2.75. The Morgan fingerprint density at radius 3 is 2.28 bits per heavy atom. The fraction of sp³-hybridized carbons (Fsp3) is 0.409. The second kappa shape index (κ2) is 8.97. The van der Waals surface area contributed by atoms with Gasteiger partial charge < -0.3 is 10.0 Å². The predicted molar refractivity (Wildman–Crippen MR) is 113 cm³/mol. The number of carbonyl (C=O) groups excluding carboxylic acids is 1. The largest absolute Gasteiger partial charge is 0.508 e. The number of carbonyl (C=O) groups is 1. The monoisotopic (exact) mass is 416 g/mol. The summed E-state index contributed by atoms with van der Waals surface area (Å²) in [4.78, 5) is 14.9. The highest BCUT2D eigenvalue weighted by Gasteiger charge is 2.27. The van der Waals surface area contributed by atoms with Crippen molar-refractivity contribution in [2.45, 2.75) is 37.5 Å². The molecule has 6 nitrogen and oxygen atoms in total. The molecule has 1 heterocycles. The molecule has 0 spiro atoms. The smallest absolute Gasteiger partial charge is 0.253 e. The van der Waals surface area contributed by atoms with E-state index in [4.69, 9.17) is 0 Å². The first kappa shape index (κ1) is 21.3. The Kier molecular flexibility index (Phi) is 6.59. The minimum absolute atomic E-state index is 0.134. The second-order valence-electron chi connectivity index (χ2n) is 7.28. The Balaban J connectivity index is 1.71. The summed E-state index contributed by atoms with van der Waals surface area (Å²) in [6.45, 7) is 5.63. The third kappa shape index (κ3) is 4.62. The molecule has 0 aliphatic carbocycles. The number of sulfonamides is 1. The van der Waals surface area contributed by atoms with Crippen LogP contribution in [0.25, 0.3) is 0 Å². The van der Waals surface area contributed by atoms with Gasteiger partial charge in [-0.15, -0.1) is 0 Å². The Labute approximate surface area is 172 Å². The zero-order valence-electron chi connectivity index (χ0n) is 16.9. The fourth-order valence-corrected chi connectivity index (χ4v) is 5.35. The standard InChI is InChI=1S/C22H28N2O4S/c1-3-24(4-2)29(27,28)21-7-5-6-19(16-21)22(26)23-14-12-18(13-15-23)17-8-10-20(25)11-9-17/h5-11,16,18,25H,3-4,12-15H2,1-2H3. The van der Waals surface area contributed by atoms with Crippen LogP contribution in [0.2, 0.25) is 0 Å². The number of phenols is 1. The summed E-state index contributed by atoms with van der Waals surface area (Å²) in [5.74, 6) is 0.473. The van der Waals surface area contributed by atoms with E-state index >= 15 is 0 Å². The van der Waals surface area contributed by atoms with E-state index in [1.807, 2.05) is 12.1 Å². The summed E-state index contributed by atoms with van der Waals surface area (Å²) in [5.41, 5.74) is 1.57. The number of hydrogen-bond donors (Lipinski definition) is 1. The first-order valence-corrected chi connectivity index (χ1v) is 11.5. The van der Waals surface area contributed by atoms with Gasteiger partial charge in [0.25, 0.3) is 5.91 Å². The molecule has 1 fully saturated rings. The van der Waals surface area contributed by atoms with Gasteiger partial charge in [0.05, 0.1) is 4.90 Å². The first-order chi connectivity index (χ1) is 13.9. The lowest BCUT2D eigenvalue weighted by Crippen LogP contribution is -2.38. The molecule has 1 amide bonds. The van der Waals surface area contributed by atoms with Crippen molar-refractivity contribution in [1.82, 2.24) is 9.21 Å². The third-order valence-electron chi connectivity index (χ3n) is 5.57. The van der Waals surface area contributed by atoms with Crippen molar-refractivity contribution in [1.29, 1.82) is 0 Å². The van der Waals surface area contributed by atoms with Crippen LogP contribution < -0.4 is 0 Å². The van der Waals surface area contributed by atoms with Crippen LogP contribution in [0, 0.1) is 0 Å². The van der Waals surface area contributed by atoms with Crippen LogP contribution in [0.15, 0.2) is 53.4 Å². The lowest BCUT2D eigenvalue weighted by molar-refractivity contribution is 0.0712. The molecule has 1 aliphatic rings. The molecule has 29 heavy (non-hydrogen) atoms. The minimum Gasteiger partial charge on any atom is -0.508 e. The van der Waals surface area contributed by atoms with Crippen LogP contribution in [0.1, 0.15) is 48.5 Å². The average molecular weight is 417 g/mol. The Morgan fingerprint density at radius 1 is 1.07 bits per heavy atom. The van der Waals surface area contributed by atoms with E-state index in [1.54, 1.807) is 49.1 Å². The zero-order chi connectivity index (χ0) is 21.0. The quantitative estimate of drug-likeness (QED) is 0.782. The number of nitrogens with zero attached hydrogens (tertiary/aromatic N) is 2. The first-order valence-electron chi connectivity index (χ1n) is 10.0. The summed E-state index contributed by atoms with van der Waals surface area (Å²) < 4.78 is 26.9. The highest BCUT2D eigenvalue weighted by Crippen LogP contribution is 2.30. The van der Waals surface area contributed by atoms with Crippen LogP contribution in [0.5, 0.6) is 5.75 Å². The van der Waals surface area contributed by atoms with Crippen LogP contribution in [0.3, 0.4) is 0 Å². The Hall–Kier alpha value is -2.38. The highest BCUT2D eigenvalue weighted by atomic mass is 32.2. The molecule has 1 saturated heterocycles. The fourth-order valence-electron chi connectivity index (χ4n) is 3.85. The number of rotatable bonds is 6. The number of benzene rings is 2. The van der Waals surface area contributed by atoms with E-state index < -0.39 is 10.0 Å². The van der Waals surface area contributed by atoms with E-state index in [9.17, 15) is 18.3 Å². The van der Waals surface area contributed by atoms with Gasteiger partial charge in [0, 0.05) is 31.7 Å². The molecule has 1 aliphatic heterocycles. The van der Waals surface area contributed by atoms with Crippen molar-refractivity contribution in [3.63, 3.8) is 0 Å². The number of likely N-dealkylation sites (tertiary alicyclic amines) is 1. The topological polar surface area (TPSA) is 77.9 Å². The molecule has 0 radical (unpaired) electrons. The molecular formula is C22H28N2O4S. The molecule has 156 valence electrons. The van der Waals surface area contributed by atoms with Gasteiger partial charge in [0.15, 0.2) is 0 Å². The van der Waals surface area contributed by atoms with Crippen molar-refractivity contribution in [2.75, 3.05) is 26.2 Å². The van der Waals surface area contributed by atoms with Gasteiger partial charge in [-0.2, -0.15) is 4.31 Å². The predicted octanol–water partition coefficient (Wildman–Crippen LogP) is 3.44. The van der Waals surface area contributed by atoms with Crippen LogP contribution in [-0.4, -0.2) is 54.8 Å². The molecular weight excluding hydrogens is 388 g/mol. The van der Waals surface area contributed by atoms with E-state index in [2.05, 4.69) is 0 Å². The molecule has 3 rings (SSSR count). The van der Waals surface area contributed by atoms with Gasteiger partial charge in [0.2, 0.25) is 10.0 Å². The lowest BCUT2D eigenvalue weighted by atomic mass is 9.89. The SMILES string of the molecule is CCN(CC)S(=O)(=O)c1cccc(C(=O)N2CCC(c3ccc(O)cc3)CC2)c1. The van der Waals surface area contributed by atoms with Gasteiger partial charge in [0.1, 0.15) is 5.75 Å². The Bertz CT molecular complexity index is 945. The normalized spacial score (nSPS) is 15.6. The second-order valence-corrected chi connectivity index (χ2v) is 9.21. The number of piperidine rings is 1. The van der Waals surface area contributed by atoms with Crippen molar-refractivity contribution in [2.24, 2.45) is 0 Å². The van der Waals surface area contributed by atoms with Crippen LogP contribution >= 0.6 is 0 Å². The minimum atomic E-state index is -3.59. The summed E-state index contributed by atoms with van der Waals surface area (Å²) in [6, 6.07) is 13.6. The van der Waals surface area contributed by atoms with E-state index in [-0.39, 0.29) is 16.6 Å². The van der Waals surface area contributed by atoms with E-state index in [0.717, 1.165) is 12.8 Å². The lowest BCUT2D eigenvalue weighted by Gasteiger charge is -2.32. The summed E-state index contributed by atoms with van der Waals surface area (Å²) in [7, 11) is -3.59. The third-order valence-corrected chi connectivity index (χ3v) is 7.62. The molecule has 0 saturated carbocycles. The molecule has 0 aromatic heterocycles. The zero-order valence-corrected chi connectivity index (χ0v) is 17.7. The maximum absolute atomic E-state index is 13.0. The highest BCUT2D eigenvalue weighted by molar-refractivity contribution is 7.89. The van der Waals surface area contributed by atoms with E-state index in [0.29, 0.717) is 37.7 Å². The molecule has 0 bridgehead atoms. The van der Waals surface area contributed by atoms with Crippen LogP contribution in [-0.2, 0) is 10.0 Å². The molecule has 0 atom stereocenters. The number of hydrogen-bond acceptors (Lipinski definition) is 4. The Morgan fingerprint density at radius 2 is 1.69 bits per heavy atom. The number of amides is 1. The van der Waals surface area contributed by atoms with Crippen LogP contribution in [0.4, 0.5) is 0 Å². The summed E-state index contributed by atoms with van der Waals surface area (Å²) >= 11 is 0. The number of phenolic OH excluding ortho intramolecular Hbond substituents is 1. The number of aromatic hydroxyl groups is 1.